The fraction of sp³-hybridized carbons (Fsp3) is 0.176. The third-order valence-corrected chi connectivity index (χ3v) is 3.69. The lowest BCUT2D eigenvalue weighted by Crippen LogP contribution is -1.99. The second-order valence-corrected chi connectivity index (χ2v) is 5.22. The van der Waals surface area contributed by atoms with Crippen LogP contribution in [0, 0.1) is 20.8 Å². The number of nitrogens with two attached hydrogens (primary N) is 1. The Balaban J connectivity index is 2.19. The van der Waals surface area contributed by atoms with Crippen LogP contribution in [0.3, 0.4) is 0 Å². The number of anilines is 1. The highest BCUT2D eigenvalue weighted by Gasteiger charge is 2.16. The van der Waals surface area contributed by atoms with Crippen molar-refractivity contribution in [2.24, 2.45) is 0 Å². The zero-order chi connectivity index (χ0) is 15.0. The molecule has 0 bridgehead atoms. The number of aromatic nitrogens is 3. The van der Waals surface area contributed by atoms with E-state index >= 15 is 0 Å². The number of para-hydroxylation sites is 1. The molecule has 2 heterocycles. The van der Waals surface area contributed by atoms with E-state index in [0.717, 1.165) is 33.8 Å². The molecular formula is C17H18N4. The SMILES string of the molecule is Cc1cc(N)ncc1-c1c(C)nn(-c2ccccc2)c1C. The minimum Gasteiger partial charge on any atom is -0.384 e. The molecule has 1 aromatic carbocycles. The average molecular weight is 278 g/mol. The monoisotopic (exact) mass is 278 g/mol. The summed E-state index contributed by atoms with van der Waals surface area (Å²) in [6.45, 7) is 6.15. The fourth-order valence-electron chi connectivity index (χ4n) is 2.69. The Morgan fingerprint density at radius 1 is 1.05 bits per heavy atom. The Hall–Kier alpha value is -2.62. The van der Waals surface area contributed by atoms with Gasteiger partial charge in [-0.25, -0.2) is 9.67 Å². The average Bonchev–Trinajstić information content (AvgIpc) is 2.76. The molecule has 0 unspecified atom stereocenters. The van der Waals surface area contributed by atoms with Gasteiger partial charge in [0.2, 0.25) is 0 Å². The smallest absolute Gasteiger partial charge is 0.123 e. The number of pyridine rings is 1. The fourth-order valence-corrected chi connectivity index (χ4v) is 2.69. The van der Waals surface area contributed by atoms with Crippen molar-refractivity contribution >= 4 is 5.82 Å². The van der Waals surface area contributed by atoms with Crippen molar-refractivity contribution in [3.8, 4) is 16.8 Å². The van der Waals surface area contributed by atoms with Crippen LogP contribution in [0.1, 0.15) is 17.0 Å². The van der Waals surface area contributed by atoms with Crippen LogP contribution in [0.4, 0.5) is 5.82 Å². The molecule has 0 aliphatic carbocycles. The lowest BCUT2D eigenvalue weighted by atomic mass is 10.0. The van der Waals surface area contributed by atoms with Crippen LogP contribution in [0.25, 0.3) is 16.8 Å². The topological polar surface area (TPSA) is 56.7 Å². The summed E-state index contributed by atoms with van der Waals surface area (Å²) in [5.74, 6) is 0.544. The van der Waals surface area contributed by atoms with Gasteiger partial charge in [-0.05, 0) is 44.5 Å². The second-order valence-electron chi connectivity index (χ2n) is 5.22. The standard InChI is InChI=1S/C17H18N4/c1-11-9-16(18)19-10-15(11)17-12(2)20-21(13(17)3)14-7-5-4-6-8-14/h4-10H,1-3H3,(H2,18,19). The third-order valence-electron chi connectivity index (χ3n) is 3.69. The third kappa shape index (κ3) is 2.29. The Kier molecular flexibility index (Phi) is 3.22. The molecule has 0 radical (unpaired) electrons. The molecule has 2 N–H and O–H groups in total. The first-order valence-electron chi connectivity index (χ1n) is 6.92. The zero-order valence-electron chi connectivity index (χ0n) is 12.5. The van der Waals surface area contributed by atoms with Gasteiger partial charge in [0.05, 0.1) is 11.4 Å². The van der Waals surface area contributed by atoms with Crippen LogP contribution >= 0.6 is 0 Å². The van der Waals surface area contributed by atoms with E-state index in [2.05, 4.69) is 29.1 Å². The molecule has 0 fully saturated rings. The van der Waals surface area contributed by atoms with E-state index in [1.165, 1.54) is 0 Å². The molecule has 0 aliphatic rings. The van der Waals surface area contributed by atoms with Gasteiger partial charge in [-0.2, -0.15) is 5.10 Å². The highest BCUT2D eigenvalue weighted by atomic mass is 15.3. The van der Waals surface area contributed by atoms with E-state index in [1.807, 2.05) is 49.0 Å². The predicted octanol–water partition coefficient (Wildman–Crippen LogP) is 3.44. The van der Waals surface area contributed by atoms with Gasteiger partial charge in [-0.1, -0.05) is 18.2 Å². The molecule has 0 spiro atoms. The predicted molar refractivity (Wildman–Crippen MR) is 85.4 cm³/mol. The van der Waals surface area contributed by atoms with Crippen molar-refractivity contribution in [2.75, 3.05) is 5.73 Å². The molecule has 4 heteroatoms. The number of hydrogen-bond acceptors (Lipinski definition) is 3. The number of aryl methyl sites for hydroxylation is 2. The molecule has 4 nitrogen and oxygen atoms in total. The molecule has 0 atom stereocenters. The van der Waals surface area contributed by atoms with Gasteiger partial charge in [0, 0.05) is 23.0 Å². The first kappa shape index (κ1) is 13.4. The molecule has 0 saturated carbocycles. The van der Waals surface area contributed by atoms with Gasteiger partial charge in [0.15, 0.2) is 0 Å². The van der Waals surface area contributed by atoms with Crippen LogP contribution in [-0.2, 0) is 0 Å². The Labute approximate surface area is 124 Å². The lowest BCUT2D eigenvalue weighted by molar-refractivity contribution is 0.834. The van der Waals surface area contributed by atoms with Crippen LogP contribution in [0.15, 0.2) is 42.6 Å². The van der Waals surface area contributed by atoms with Crippen molar-refractivity contribution < 1.29 is 0 Å². The van der Waals surface area contributed by atoms with Gasteiger partial charge in [0.25, 0.3) is 0 Å². The molecule has 0 saturated heterocycles. The van der Waals surface area contributed by atoms with Gasteiger partial charge in [-0.15, -0.1) is 0 Å². The zero-order valence-corrected chi connectivity index (χ0v) is 12.5. The molecule has 0 amide bonds. The summed E-state index contributed by atoms with van der Waals surface area (Å²) in [4.78, 5) is 4.22. The Morgan fingerprint density at radius 2 is 1.76 bits per heavy atom. The number of hydrogen-bond donors (Lipinski definition) is 1. The van der Waals surface area contributed by atoms with Crippen molar-refractivity contribution in [3.63, 3.8) is 0 Å². The van der Waals surface area contributed by atoms with Crippen LogP contribution in [0.2, 0.25) is 0 Å². The molecule has 3 aromatic rings. The van der Waals surface area contributed by atoms with Crippen LogP contribution in [0.5, 0.6) is 0 Å². The Morgan fingerprint density at radius 3 is 2.43 bits per heavy atom. The van der Waals surface area contributed by atoms with E-state index in [-0.39, 0.29) is 0 Å². The highest BCUT2D eigenvalue weighted by Crippen LogP contribution is 2.31. The summed E-state index contributed by atoms with van der Waals surface area (Å²) in [5, 5.41) is 4.68. The summed E-state index contributed by atoms with van der Waals surface area (Å²) < 4.78 is 1.97. The van der Waals surface area contributed by atoms with E-state index in [0.29, 0.717) is 5.82 Å². The minimum absolute atomic E-state index is 0.544. The molecule has 2 aromatic heterocycles. The van der Waals surface area contributed by atoms with E-state index in [9.17, 15) is 0 Å². The maximum absolute atomic E-state index is 5.75. The number of rotatable bonds is 2. The molecule has 21 heavy (non-hydrogen) atoms. The summed E-state index contributed by atoms with van der Waals surface area (Å²) in [6.07, 6.45) is 1.83. The first-order valence-corrected chi connectivity index (χ1v) is 6.92. The molecule has 106 valence electrons. The largest absolute Gasteiger partial charge is 0.384 e. The van der Waals surface area contributed by atoms with Crippen LogP contribution in [-0.4, -0.2) is 14.8 Å². The first-order chi connectivity index (χ1) is 10.1. The summed E-state index contributed by atoms with van der Waals surface area (Å²) >= 11 is 0. The quantitative estimate of drug-likeness (QED) is 0.781. The lowest BCUT2D eigenvalue weighted by Gasteiger charge is -2.08. The number of nitrogens with zero attached hydrogens (tertiary/aromatic N) is 3. The summed E-state index contributed by atoms with van der Waals surface area (Å²) in [7, 11) is 0. The normalized spacial score (nSPS) is 10.8. The minimum atomic E-state index is 0.544. The van der Waals surface area contributed by atoms with E-state index < -0.39 is 0 Å². The van der Waals surface area contributed by atoms with Crippen LogP contribution < -0.4 is 5.73 Å². The summed E-state index contributed by atoms with van der Waals surface area (Å²) in [5.41, 5.74) is 12.2. The van der Waals surface area contributed by atoms with Crippen molar-refractivity contribution in [2.45, 2.75) is 20.8 Å². The number of nitrogen functional groups attached to an aromatic ring is 1. The van der Waals surface area contributed by atoms with Crippen molar-refractivity contribution in [3.05, 3.63) is 59.5 Å². The van der Waals surface area contributed by atoms with Crippen molar-refractivity contribution in [1.82, 2.24) is 14.8 Å². The van der Waals surface area contributed by atoms with Gasteiger partial charge in [-0.3, -0.25) is 0 Å². The molecule has 3 rings (SSSR count). The maximum Gasteiger partial charge on any atom is 0.123 e. The number of benzene rings is 1. The van der Waals surface area contributed by atoms with Gasteiger partial charge in [0.1, 0.15) is 5.82 Å². The molecular weight excluding hydrogens is 260 g/mol. The second kappa shape index (κ2) is 5.05. The summed E-state index contributed by atoms with van der Waals surface area (Å²) in [6, 6.07) is 12.0. The molecule has 0 aliphatic heterocycles. The van der Waals surface area contributed by atoms with Gasteiger partial charge >= 0.3 is 0 Å². The highest BCUT2D eigenvalue weighted by molar-refractivity contribution is 5.72. The van der Waals surface area contributed by atoms with Gasteiger partial charge < -0.3 is 5.73 Å². The maximum atomic E-state index is 5.75. The Bertz CT molecular complexity index is 788. The van der Waals surface area contributed by atoms with E-state index in [4.69, 9.17) is 5.73 Å². The van der Waals surface area contributed by atoms with E-state index in [1.54, 1.807) is 0 Å². The van der Waals surface area contributed by atoms with Crippen molar-refractivity contribution in [1.29, 1.82) is 0 Å².